The van der Waals surface area contributed by atoms with Crippen LogP contribution in [0.5, 0.6) is 0 Å². The average Bonchev–Trinajstić information content (AvgIpc) is 2.69. The lowest BCUT2D eigenvalue weighted by Gasteiger charge is -2.39. The highest BCUT2D eigenvalue weighted by Gasteiger charge is 2.50. The van der Waals surface area contributed by atoms with E-state index in [0.29, 0.717) is 6.29 Å². The molecular formula is C20H18F2NO4S. The summed E-state index contributed by atoms with van der Waals surface area (Å²) in [7, 11) is -4.19. The van der Waals surface area contributed by atoms with Crippen molar-refractivity contribution in [2.24, 2.45) is 5.92 Å². The van der Waals surface area contributed by atoms with Gasteiger partial charge in [-0.2, -0.15) is 0 Å². The molecule has 0 saturated heterocycles. The highest BCUT2D eigenvalue weighted by Crippen LogP contribution is 2.49. The number of hydrogen-bond acceptors (Lipinski definition) is 4. The molecule has 1 fully saturated rings. The maximum Gasteiger partial charge on any atom is 0.241 e. The van der Waals surface area contributed by atoms with E-state index in [1.54, 1.807) is 0 Å². The second-order valence-corrected chi connectivity index (χ2v) is 9.21. The van der Waals surface area contributed by atoms with Gasteiger partial charge in [-0.25, -0.2) is 17.2 Å². The van der Waals surface area contributed by atoms with Crippen molar-refractivity contribution in [1.82, 2.24) is 5.73 Å². The minimum Gasteiger partial charge on any atom is -0.298 e. The maximum atomic E-state index is 14.6. The Hall–Kier alpha value is -2.61. The zero-order valence-corrected chi connectivity index (χ0v) is 15.6. The van der Waals surface area contributed by atoms with Gasteiger partial charge in [-0.1, -0.05) is 12.1 Å². The summed E-state index contributed by atoms with van der Waals surface area (Å²) in [6.45, 7) is 0. The Morgan fingerprint density at radius 3 is 2.21 bits per heavy atom. The largest absolute Gasteiger partial charge is 0.298 e. The first-order valence-corrected chi connectivity index (χ1v) is 10.2. The molecule has 3 rings (SSSR count). The van der Waals surface area contributed by atoms with Crippen LogP contribution < -0.4 is 5.73 Å². The average molecular weight is 406 g/mol. The van der Waals surface area contributed by atoms with Gasteiger partial charge < -0.3 is 0 Å². The van der Waals surface area contributed by atoms with Crippen LogP contribution in [0.15, 0.2) is 47.4 Å². The number of halogens is 2. The van der Waals surface area contributed by atoms with Crippen LogP contribution in [0.3, 0.4) is 0 Å². The summed E-state index contributed by atoms with van der Waals surface area (Å²) < 4.78 is 53.8. The van der Waals surface area contributed by atoms with Crippen molar-refractivity contribution in [3.8, 4) is 0 Å². The monoisotopic (exact) mass is 406 g/mol. The molecule has 1 aliphatic carbocycles. The Morgan fingerprint density at radius 2 is 1.68 bits per heavy atom. The molecule has 1 radical (unpaired) electrons. The third kappa shape index (κ3) is 3.32. The molecule has 28 heavy (non-hydrogen) atoms. The predicted octanol–water partition coefficient (Wildman–Crippen LogP) is 3.45. The van der Waals surface area contributed by atoms with Crippen molar-refractivity contribution in [3.05, 3.63) is 65.2 Å². The van der Waals surface area contributed by atoms with E-state index in [-0.39, 0.29) is 41.7 Å². The summed E-state index contributed by atoms with van der Waals surface area (Å²) >= 11 is 0. The van der Waals surface area contributed by atoms with Crippen LogP contribution in [0.25, 0.3) is 0 Å². The van der Waals surface area contributed by atoms with Gasteiger partial charge in [0.15, 0.2) is 9.84 Å². The molecule has 0 bridgehead atoms. The molecule has 1 amide bonds. The first-order valence-electron chi connectivity index (χ1n) is 8.72. The van der Waals surface area contributed by atoms with E-state index < -0.39 is 38.0 Å². The number of sulfone groups is 1. The molecule has 0 heterocycles. The minimum atomic E-state index is -4.19. The molecule has 0 atom stereocenters. The summed E-state index contributed by atoms with van der Waals surface area (Å²) in [4.78, 5) is 22.1. The second-order valence-electron chi connectivity index (χ2n) is 6.95. The van der Waals surface area contributed by atoms with Crippen LogP contribution in [0, 0.1) is 17.6 Å². The third-order valence-electron chi connectivity index (χ3n) is 5.42. The van der Waals surface area contributed by atoms with Crippen molar-refractivity contribution in [1.29, 1.82) is 0 Å². The van der Waals surface area contributed by atoms with Gasteiger partial charge in [0, 0.05) is 17.0 Å². The normalized spacial score (nSPS) is 22.6. The van der Waals surface area contributed by atoms with E-state index in [1.165, 1.54) is 24.3 Å². The molecule has 0 spiro atoms. The fraction of sp³-hybridized carbons (Fsp3) is 0.300. The second kappa shape index (κ2) is 7.43. The lowest BCUT2D eigenvalue weighted by Crippen LogP contribution is -2.42. The van der Waals surface area contributed by atoms with E-state index in [4.69, 9.17) is 5.73 Å². The van der Waals surface area contributed by atoms with Crippen LogP contribution in [0.1, 0.15) is 41.6 Å². The zero-order valence-electron chi connectivity index (χ0n) is 14.8. The van der Waals surface area contributed by atoms with Crippen molar-refractivity contribution in [3.63, 3.8) is 0 Å². The maximum absolute atomic E-state index is 14.6. The fourth-order valence-corrected chi connectivity index (χ4v) is 5.99. The zero-order chi connectivity index (χ0) is 20.5. The molecule has 2 aromatic carbocycles. The molecule has 1 saturated carbocycles. The molecule has 5 nitrogen and oxygen atoms in total. The Kier molecular flexibility index (Phi) is 5.34. The Morgan fingerprint density at radius 1 is 1.07 bits per heavy atom. The number of nitrogens with one attached hydrogen (secondary N) is 1. The molecule has 1 N–H and O–H groups in total. The smallest absolute Gasteiger partial charge is 0.241 e. The highest BCUT2D eigenvalue weighted by molar-refractivity contribution is 7.92. The van der Waals surface area contributed by atoms with E-state index >= 15 is 0 Å². The standard InChI is InChI=1S/C20H18F2NO4S/c21-15-3-6-18(22)17(11-15)20(9-7-14(8-10-20)19(23)25)28(26,27)16-4-1-13(12-24)2-5-16/h1-6,11-12,14,23H,7-10H2. The first-order chi connectivity index (χ1) is 13.2. The number of aldehydes is 1. The number of benzene rings is 2. The van der Waals surface area contributed by atoms with Gasteiger partial charge in [-0.15, -0.1) is 0 Å². The molecule has 0 unspecified atom stereocenters. The van der Waals surface area contributed by atoms with Gasteiger partial charge in [-0.05, 0) is 56.0 Å². The van der Waals surface area contributed by atoms with E-state index in [1.807, 2.05) is 0 Å². The van der Waals surface area contributed by atoms with Crippen molar-refractivity contribution in [2.45, 2.75) is 35.3 Å². The van der Waals surface area contributed by atoms with Gasteiger partial charge in [0.1, 0.15) is 22.7 Å². The third-order valence-corrected chi connectivity index (χ3v) is 7.97. The van der Waals surface area contributed by atoms with Gasteiger partial charge in [0.05, 0.1) is 4.90 Å². The molecule has 0 aliphatic heterocycles. The molecule has 147 valence electrons. The number of carbonyl (C=O) groups excluding carboxylic acids is 2. The van der Waals surface area contributed by atoms with Crippen LogP contribution in [0.2, 0.25) is 0 Å². The van der Waals surface area contributed by atoms with Crippen molar-refractivity contribution >= 4 is 22.0 Å². The van der Waals surface area contributed by atoms with Gasteiger partial charge in [0.2, 0.25) is 5.91 Å². The first kappa shape index (κ1) is 20.1. The Bertz CT molecular complexity index is 1010. The van der Waals surface area contributed by atoms with Crippen molar-refractivity contribution < 1.29 is 26.8 Å². The topological polar surface area (TPSA) is 92.1 Å². The SMILES string of the molecule is [NH]C(=O)C1CCC(c2cc(F)ccc2F)(S(=O)(=O)c2ccc(C=O)cc2)CC1. The lowest BCUT2D eigenvalue weighted by molar-refractivity contribution is -0.123. The van der Waals surface area contributed by atoms with E-state index in [0.717, 1.165) is 18.2 Å². The quantitative estimate of drug-likeness (QED) is 0.711. The van der Waals surface area contributed by atoms with Gasteiger partial charge >= 0.3 is 0 Å². The van der Waals surface area contributed by atoms with E-state index in [2.05, 4.69) is 0 Å². The van der Waals surface area contributed by atoms with Crippen LogP contribution >= 0.6 is 0 Å². The number of amides is 1. The number of rotatable bonds is 5. The molecular weight excluding hydrogens is 388 g/mol. The van der Waals surface area contributed by atoms with Crippen LogP contribution in [0.4, 0.5) is 8.78 Å². The summed E-state index contributed by atoms with van der Waals surface area (Å²) in [5, 5.41) is 0. The summed E-state index contributed by atoms with van der Waals surface area (Å²) in [6, 6.07) is 7.90. The highest BCUT2D eigenvalue weighted by atomic mass is 32.2. The molecule has 0 aromatic heterocycles. The van der Waals surface area contributed by atoms with Gasteiger partial charge in [0.25, 0.3) is 0 Å². The molecule has 1 aliphatic rings. The van der Waals surface area contributed by atoms with Crippen LogP contribution in [-0.4, -0.2) is 20.6 Å². The Labute approximate surface area is 161 Å². The lowest BCUT2D eigenvalue weighted by atomic mass is 9.77. The molecule has 8 heteroatoms. The van der Waals surface area contributed by atoms with Gasteiger partial charge in [-0.3, -0.25) is 15.3 Å². The van der Waals surface area contributed by atoms with E-state index in [9.17, 15) is 26.8 Å². The predicted molar refractivity (Wildman–Crippen MR) is 97.1 cm³/mol. The minimum absolute atomic E-state index is 0.0872. The molecule has 2 aromatic rings. The summed E-state index contributed by atoms with van der Waals surface area (Å²) in [5.41, 5.74) is 7.30. The summed E-state index contributed by atoms with van der Waals surface area (Å²) in [5.74, 6) is -3.02. The summed E-state index contributed by atoms with van der Waals surface area (Å²) in [6.07, 6.45) is 0.526. The number of carbonyl (C=O) groups is 2. The fourth-order valence-electron chi connectivity index (χ4n) is 3.83. The van der Waals surface area contributed by atoms with Crippen LogP contribution in [-0.2, 0) is 19.4 Å². The number of hydrogen-bond donors (Lipinski definition) is 0. The van der Waals surface area contributed by atoms with Crippen molar-refractivity contribution in [2.75, 3.05) is 0 Å². The Balaban J connectivity index is 2.17.